The van der Waals surface area contributed by atoms with Crippen molar-refractivity contribution < 1.29 is 6.85 Å². The molecule has 0 aromatic heterocycles. The Bertz CT molecular complexity index is 678. The Kier molecular flexibility index (Phi) is 2.12. The van der Waals surface area contributed by atoms with Gasteiger partial charge in [0, 0.05) is 0 Å². The summed E-state index contributed by atoms with van der Waals surface area (Å²) in [6.07, 6.45) is 0. The van der Waals surface area contributed by atoms with Crippen molar-refractivity contribution >= 4 is 29.0 Å². The van der Waals surface area contributed by atoms with Crippen LogP contribution in [0.5, 0.6) is 0 Å². The van der Waals surface area contributed by atoms with E-state index in [0.717, 1.165) is 0 Å². The van der Waals surface area contributed by atoms with Gasteiger partial charge in [-0.1, -0.05) is 0 Å². The van der Waals surface area contributed by atoms with Crippen LogP contribution in [0.25, 0.3) is 0 Å². The minimum absolute atomic E-state index is 0.107. The molecule has 0 aliphatic carbocycles. The van der Waals surface area contributed by atoms with E-state index < -0.39 is 13.3 Å². The van der Waals surface area contributed by atoms with E-state index >= 15 is 0 Å². The Morgan fingerprint density at radius 3 is 2.00 bits per heavy atom. The van der Waals surface area contributed by atoms with Gasteiger partial charge < -0.3 is 0 Å². The van der Waals surface area contributed by atoms with E-state index in [2.05, 4.69) is 34.7 Å². The van der Waals surface area contributed by atoms with Crippen molar-refractivity contribution in [2.75, 3.05) is 5.32 Å². The summed E-state index contributed by atoms with van der Waals surface area (Å²) in [5.41, 5.74) is 0.824. The summed E-state index contributed by atoms with van der Waals surface area (Å²) in [6, 6.07) is 6.42. The third-order valence-corrected chi connectivity index (χ3v) is 6.85. The first-order chi connectivity index (χ1) is 10.1. The summed E-state index contributed by atoms with van der Waals surface area (Å²) in [5, 5.41) is 2.95. The van der Waals surface area contributed by atoms with Gasteiger partial charge in [-0.25, -0.2) is 0 Å². The van der Waals surface area contributed by atoms with Crippen LogP contribution >= 0.6 is 0 Å². The molecule has 0 heterocycles. The van der Waals surface area contributed by atoms with Crippen molar-refractivity contribution in [2.45, 2.75) is 17.3 Å². The van der Waals surface area contributed by atoms with Gasteiger partial charge in [-0.3, -0.25) is 0 Å². The fourth-order valence-electron chi connectivity index (χ4n) is 1.51. The van der Waals surface area contributed by atoms with Crippen LogP contribution in [-0.2, 0) is 0 Å². The quantitative estimate of drug-likeness (QED) is 0.843. The normalized spacial score (nSPS) is 15.4. The van der Waals surface area contributed by atoms with Crippen LogP contribution in [0.2, 0.25) is 17.3 Å². The van der Waals surface area contributed by atoms with Crippen molar-refractivity contribution in [1.29, 1.82) is 0 Å². The maximum absolute atomic E-state index is 7.90. The summed E-state index contributed by atoms with van der Waals surface area (Å²) in [7, 11) is 0. The van der Waals surface area contributed by atoms with E-state index in [9.17, 15) is 0 Å². The molecular weight excluding hydrogens is 267 g/mol. The molecule has 2 rings (SSSR count). The Labute approximate surface area is 113 Å². The van der Waals surface area contributed by atoms with Gasteiger partial charge >= 0.3 is 113 Å². The zero-order valence-electron chi connectivity index (χ0n) is 15.3. The second-order valence-corrected chi connectivity index (χ2v) is 15.6. The van der Waals surface area contributed by atoms with E-state index in [1.54, 1.807) is 0 Å². The van der Waals surface area contributed by atoms with Crippen LogP contribution in [0.3, 0.4) is 0 Å². The van der Waals surface area contributed by atoms with Crippen LogP contribution in [0.1, 0.15) is 6.85 Å². The summed E-state index contributed by atoms with van der Waals surface area (Å²) in [5.74, 6) is 6.91. The zero-order valence-corrected chi connectivity index (χ0v) is 12.4. The Morgan fingerprint density at radius 2 is 1.47 bits per heavy atom. The second-order valence-electron chi connectivity index (χ2n) is 4.95. The summed E-state index contributed by atoms with van der Waals surface area (Å²) < 4.78 is 40.1. The predicted octanol–water partition coefficient (Wildman–Crippen LogP) is 3.98. The molecule has 1 N–H and O–H groups in total. The molecule has 0 spiro atoms. The van der Waals surface area contributed by atoms with Crippen molar-refractivity contribution in [2.24, 2.45) is 0 Å². The van der Waals surface area contributed by atoms with E-state index in [1.807, 2.05) is 12.1 Å². The predicted molar refractivity (Wildman–Crippen MR) is 79.1 cm³/mol. The molecule has 0 aliphatic heterocycles. The molecule has 0 aliphatic rings. The molecule has 0 unspecified atom stereocenters. The van der Waals surface area contributed by atoms with Crippen molar-refractivity contribution in [3.05, 3.63) is 54.5 Å². The van der Waals surface area contributed by atoms with Crippen LogP contribution in [0, 0.1) is 0 Å². The molecule has 2 heteroatoms. The van der Waals surface area contributed by atoms with Crippen LogP contribution in [0.4, 0.5) is 11.4 Å². The Balaban J connectivity index is 2.40. The van der Waals surface area contributed by atoms with Crippen LogP contribution in [0.15, 0.2) is 54.5 Å². The summed E-state index contributed by atoms with van der Waals surface area (Å²) in [4.78, 5) is 0. The molecule has 2 aromatic rings. The third kappa shape index (κ3) is 3.37. The Morgan fingerprint density at radius 1 is 0.882 bits per heavy atom. The fourth-order valence-corrected chi connectivity index (χ4v) is 3.96. The van der Waals surface area contributed by atoms with Gasteiger partial charge in [0.15, 0.2) is 0 Å². The zero-order chi connectivity index (χ0) is 16.7. The number of nitrogens with one attached hydrogen (secondary N) is 1. The molecule has 0 fully saturated rings. The fraction of sp³-hybridized carbons (Fsp3) is 0.200. The molecule has 2 aromatic carbocycles. The Hall–Kier alpha value is -1.22. The average Bonchev–Trinajstić information content (AvgIpc) is 2.47. The number of hydrogen-bond acceptors (Lipinski definition) is 1. The van der Waals surface area contributed by atoms with Gasteiger partial charge in [-0.15, -0.1) is 0 Å². The number of hydrogen-bond donors (Lipinski definition) is 1. The minimum atomic E-state index is -1.88. The topological polar surface area (TPSA) is 12.0 Å². The molecule has 1 nitrogen and oxygen atoms in total. The van der Waals surface area contributed by atoms with Crippen molar-refractivity contribution in [3.8, 4) is 0 Å². The van der Waals surface area contributed by atoms with Crippen LogP contribution in [-0.4, -0.2) is 13.3 Å². The van der Waals surface area contributed by atoms with E-state index in [0.29, 0.717) is 5.69 Å². The van der Waals surface area contributed by atoms with E-state index in [4.69, 9.17) is 6.85 Å². The van der Waals surface area contributed by atoms with Gasteiger partial charge in [0.1, 0.15) is 0 Å². The molecular formula is C15H19GeN. The van der Waals surface area contributed by atoms with E-state index in [1.165, 1.54) is 4.40 Å². The SMILES string of the molecule is [2H]c1c([2H])c([2H])c(Nc2cc[c]([Ge]([CH3])([CH3])[CH3])cc2)c([2H])c1[2H]. The molecule has 0 saturated carbocycles. The third-order valence-electron chi connectivity index (χ3n) is 2.52. The molecule has 0 amide bonds. The number of benzene rings is 2. The first kappa shape index (κ1) is 7.27. The average molecular weight is 291 g/mol. The van der Waals surface area contributed by atoms with Gasteiger partial charge in [-0.05, 0) is 0 Å². The maximum atomic E-state index is 7.90. The molecule has 0 bridgehead atoms. The van der Waals surface area contributed by atoms with Gasteiger partial charge in [0.2, 0.25) is 0 Å². The molecule has 17 heavy (non-hydrogen) atoms. The van der Waals surface area contributed by atoms with Crippen molar-refractivity contribution in [3.63, 3.8) is 0 Å². The van der Waals surface area contributed by atoms with Crippen LogP contribution < -0.4 is 9.71 Å². The number of para-hydroxylation sites is 1. The molecule has 0 radical (unpaired) electrons. The first-order valence-electron chi connectivity index (χ1n) is 8.07. The molecule has 0 atom stereocenters. The van der Waals surface area contributed by atoms with Gasteiger partial charge in [0.25, 0.3) is 0 Å². The molecule has 88 valence electrons. The number of rotatable bonds is 3. The second kappa shape index (κ2) is 4.96. The summed E-state index contributed by atoms with van der Waals surface area (Å²) in [6.45, 7) is 0. The number of anilines is 2. The standard InChI is InChI=1S/C15H19GeN/c1-16(2,3)13-9-11-15(12-10-13)17-14-7-5-4-6-8-14/h4-12,17H,1-3H3/i4D,5D,6D,7D,8D. The van der Waals surface area contributed by atoms with Crippen molar-refractivity contribution in [1.82, 2.24) is 0 Å². The monoisotopic (exact) mass is 292 g/mol. The molecule has 0 saturated heterocycles. The van der Waals surface area contributed by atoms with E-state index in [-0.39, 0.29) is 35.9 Å². The van der Waals surface area contributed by atoms with Gasteiger partial charge in [-0.2, -0.15) is 0 Å². The summed E-state index contributed by atoms with van der Waals surface area (Å²) >= 11 is -1.88. The van der Waals surface area contributed by atoms with Gasteiger partial charge in [0.05, 0.1) is 0 Å². The first-order valence-corrected chi connectivity index (χ1v) is 12.9.